The number of nitriles is 1. The van der Waals surface area contributed by atoms with Crippen molar-refractivity contribution in [2.45, 2.75) is 46.5 Å². The molecule has 2 atom stereocenters. The molecular formula is C16H23N. The van der Waals surface area contributed by atoms with Crippen LogP contribution in [-0.2, 0) is 6.42 Å². The number of nitrogens with zero attached hydrogens (tertiary/aromatic N) is 1. The van der Waals surface area contributed by atoms with E-state index in [4.69, 9.17) is 5.26 Å². The molecule has 0 radical (unpaired) electrons. The van der Waals surface area contributed by atoms with Gasteiger partial charge >= 0.3 is 0 Å². The molecule has 0 aliphatic carbocycles. The van der Waals surface area contributed by atoms with Gasteiger partial charge in [-0.25, -0.2) is 0 Å². The molecular weight excluding hydrogens is 206 g/mol. The van der Waals surface area contributed by atoms with Crippen molar-refractivity contribution in [2.24, 2.45) is 11.8 Å². The molecule has 1 nitrogen and oxygen atoms in total. The molecule has 0 spiro atoms. The van der Waals surface area contributed by atoms with Crippen molar-refractivity contribution in [3.63, 3.8) is 0 Å². The molecule has 92 valence electrons. The first-order valence-corrected chi connectivity index (χ1v) is 6.56. The maximum atomic E-state index is 9.09. The highest BCUT2D eigenvalue weighted by molar-refractivity contribution is 5.25. The maximum absolute atomic E-state index is 9.09. The summed E-state index contributed by atoms with van der Waals surface area (Å²) >= 11 is 0. The van der Waals surface area contributed by atoms with Crippen LogP contribution in [0.15, 0.2) is 24.3 Å². The van der Waals surface area contributed by atoms with Crippen LogP contribution in [0.1, 0.15) is 51.2 Å². The summed E-state index contributed by atoms with van der Waals surface area (Å²) in [7, 11) is 0. The van der Waals surface area contributed by atoms with Crippen LogP contribution in [0.3, 0.4) is 0 Å². The monoisotopic (exact) mass is 229 g/mol. The summed E-state index contributed by atoms with van der Waals surface area (Å²) in [5.41, 5.74) is 2.67. The summed E-state index contributed by atoms with van der Waals surface area (Å²) in [5, 5.41) is 9.09. The second-order valence-electron chi connectivity index (χ2n) is 5.23. The van der Waals surface area contributed by atoms with Crippen LogP contribution in [0.25, 0.3) is 0 Å². The number of benzene rings is 1. The van der Waals surface area contributed by atoms with Gasteiger partial charge in [0, 0.05) is 0 Å². The smallest absolute Gasteiger partial charge is 0.0661 e. The standard InChI is InChI=1S/C16H23N/c1-5-13(4)15-8-6-14(7-9-15)10-16(11-17)12(2)3/h6-9,12-13,16H,5,10H2,1-4H3. The van der Waals surface area contributed by atoms with E-state index >= 15 is 0 Å². The fourth-order valence-electron chi connectivity index (χ4n) is 1.90. The Kier molecular flexibility index (Phi) is 5.22. The van der Waals surface area contributed by atoms with Crippen LogP contribution in [0.4, 0.5) is 0 Å². The fraction of sp³-hybridized carbons (Fsp3) is 0.562. The quantitative estimate of drug-likeness (QED) is 0.727. The van der Waals surface area contributed by atoms with Crippen LogP contribution >= 0.6 is 0 Å². The molecule has 0 fully saturated rings. The summed E-state index contributed by atoms with van der Waals surface area (Å²) < 4.78 is 0. The van der Waals surface area contributed by atoms with Gasteiger partial charge in [0.2, 0.25) is 0 Å². The topological polar surface area (TPSA) is 23.8 Å². The van der Waals surface area contributed by atoms with E-state index < -0.39 is 0 Å². The minimum Gasteiger partial charge on any atom is -0.198 e. The molecule has 0 N–H and O–H groups in total. The van der Waals surface area contributed by atoms with E-state index in [9.17, 15) is 0 Å². The summed E-state index contributed by atoms with van der Waals surface area (Å²) in [6.45, 7) is 8.69. The normalized spacial score (nSPS) is 14.4. The van der Waals surface area contributed by atoms with E-state index in [0.29, 0.717) is 11.8 Å². The lowest BCUT2D eigenvalue weighted by Crippen LogP contribution is -2.09. The van der Waals surface area contributed by atoms with E-state index in [1.807, 2.05) is 0 Å². The molecule has 0 amide bonds. The first kappa shape index (κ1) is 13.8. The van der Waals surface area contributed by atoms with Crippen molar-refractivity contribution in [2.75, 3.05) is 0 Å². The van der Waals surface area contributed by atoms with Crippen molar-refractivity contribution in [1.29, 1.82) is 5.26 Å². The van der Waals surface area contributed by atoms with Crippen LogP contribution in [-0.4, -0.2) is 0 Å². The molecule has 1 rings (SSSR count). The molecule has 1 heteroatoms. The Hall–Kier alpha value is -1.29. The summed E-state index contributed by atoms with van der Waals surface area (Å²) in [4.78, 5) is 0. The summed E-state index contributed by atoms with van der Waals surface area (Å²) in [5.74, 6) is 1.18. The Morgan fingerprint density at radius 1 is 1.12 bits per heavy atom. The van der Waals surface area contributed by atoms with Gasteiger partial charge in [0.1, 0.15) is 0 Å². The lowest BCUT2D eigenvalue weighted by Gasteiger charge is -2.14. The van der Waals surface area contributed by atoms with E-state index in [2.05, 4.69) is 58.0 Å². The van der Waals surface area contributed by atoms with Gasteiger partial charge in [-0.3, -0.25) is 0 Å². The van der Waals surface area contributed by atoms with Gasteiger partial charge in [0.25, 0.3) is 0 Å². The second kappa shape index (κ2) is 6.45. The lowest BCUT2D eigenvalue weighted by molar-refractivity contribution is 0.474. The molecule has 0 heterocycles. The Labute approximate surface area is 105 Å². The third-order valence-electron chi connectivity index (χ3n) is 3.59. The Balaban J connectivity index is 2.72. The van der Waals surface area contributed by atoms with Crippen molar-refractivity contribution >= 4 is 0 Å². The zero-order valence-electron chi connectivity index (χ0n) is 11.4. The molecule has 0 aromatic heterocycles. The van der Waals surface area contributed by atoms with Gasteiger partial charge < -0.3 is 0 Å². The molecule has 0 saturated carbocycles. The highest BCUT2D eigenvalue weighted by atomic mass is 14.3. The SMILES string of the molecule is CCC(C)c1ccc(CC(C#N)C(C)C)cc1. The first-order chi connectivity index (χ1) is 8.08. The van der Waals surface area contributed by atoms with Crippen molar-refractivity contribution < 1.29 is 0 Å². The van der Waals surface area contributed by atoms with E-state index in [-0.39, 0.29) is 5.92 Å². The third kappa shape index (κ3) is 3.89. The average molecular weight is 229 g/mol. The molecule has 1 aromatic rings. The fourth-order valence-corrected chi connectivity index (χ4v) is 1.90. The van der Waals surface area contributed by atoms with E-state index in [1.165, 1.54) is 17.5 Å². The van der Waals surface area contributed by atoms with Gasteiger partial charge in [-0.2, -0.15) is 5.26 Å². The minimum absolute atomic E-state index is 0.129. The average Bonchev–Trinajstić information content (AvgIpc) is 2.35. The molecule has 1 aromatic carbocycles. The lowest BCUT2D eigenvalue weighted by atomic mass is 9.89. The highest BCUT2D eigenvalue weighted by Gasteiger charge is 2.13. The second-order valence-corrected chi connectivity index (χ2v) is 5.23. The zero-order valence-corrected chi connectivity index (χ0v) is 11.4. The minimum atomic E-state index is 0.129. The molecule has 0 bridgehead atoms. The van der Waals surface area contributed by atoms with Crippen LogP contribution in [0, 0.1) is 23.2 Å². The molecule has 2 unspecified atom stereocenters. The molecule has 0 saturated heterocycles. The predicted octanol–water partition coefficient (Wildman–Crippen LogP) is 4.54. The predicted molar refractivity (Wildman–Crippen MR) is 72.8 cm³/mol. The molecule has 17 heavy (non-hydrogen) atoms. The highest BCUT2D eigenvalue weighted by Crippen LogP contribution is 2.21. The van der Waals surface area contributed by atoms with Gasteiger partial charge in [0.05, 0.1) is 12.0 Å². The number of hydrogen-bond donors (Lipinski definition) is 0. The zero-order chi connectivity index (χ0) is 12.8. The Morgan fingerprint density at radius 2 is 1.71 bits per heavy atom. The third-order valence-corrected chi connectivity index (χ3v) is 3.59. The molecule has 0 aliphatic heterocycles. The van der Waals surface area contributed by atoms with Gasteiger partial charge in [-0.1, -0.05) is 52.0 Å². The van der Waals surface area contributed by atoms with Crippen molar-refractivity contribution in [1.82, 2.24) is 0 Å². The largest absolute Gasteiger partial charge is 0.198 e. The van der Waals surface area contributed by atoms with Gasteiger partial charge in [-0.15, -0.1) is 0 Å². The van der Waals surface area contributed by atoms with Crippen LogP contribution < -0.4 is 0 Å². The first-order valence-electron chi connectivity index (χ1n) is 6.56. The molecule has 0 aliphatic rings. The number of hydrogen-bond acceptors (Lipinski definition) is 1. The summed E-state index contributed by atoms with van der Waals surface area (Å²) in [6, 6.07) is 11.2. The number of rotatable bonds is 5. The summed E-state index contributed by atoms with van der Waals surface area (Å²) in [6.07, 6.45) is 2.04. The van der Waals surface area contributed by atoms with Crippen LogP contribution in [0.2, 0.25) is 0 Å². The van der Waals surface area contributed by atoms with Crippen molar-refractivity contribution in [3.8, 4) is 6.07 Å². The van der Waals surface area contributed by atoms with E-state index in [1.54, 1.807) is 0 Å². The Bertz CT molecular complexity index is 370. The van der Waals surface area contributed by atoms with Crippen LogP contribution in [0.5, 0.6) is 0 Å². The maximum Gasteiger partial charge on any atom is 0.0661 e. The Morgan fingerprint density at radius 3 is 2.12 bits per heavy atom. The van der Waals surface area contributed by atoms with Gasteiger partial charge in [0.15, 0.2) is 0 Å². The van der Waals surface area contributed by atoms with Crippen molar-refractivity contribution in [3.05, 3.63) is 35.4 Å². The van der Waals surface area contributed by atoms with E-state index in [0.717, 1.165) is 6.42 Å². The van der Waals surface area contributed by atoms with Gasteiger partial charge in [-0.05, 0) is 35.8 Å².